The predicted octanol–water partition coefficient (Wildman–Crippen LogP) is 0.298. The molecule has 0 bridgehead atoms. The first-order chi connectivity index (χ1) is 15.4. The van der Waals surface area contributed by atoms with Crippen LogP contribution in [0.4, 0.5) is 20.6 Å². The first-order valence-corrected chi connectivity index (χ1v) is 11.3. The van der Waals surface area contributed by atoms with Crippen LogP contribution in [-0.2, 0) is 9.53 Å². The van der Waals surface area contributed by atoms with Gasteiger partial charge < -0.3 is 30.5 Å². The van der Waals surface area contributed by atoms with Gasteiger partial charge in [-0.1, -0.05) is 12.2 Å². The van der Waals surface area contributed by atoms with Gasteiger partial charge in [0, 0.05) is 52.7 Å². The summed E-state index contributed by atoms with van der Waals surface area (Å²) in [6.45, 7) is 7.40. The van der Waals surface area contributed by atoms with E-state index in [0.717, 1.165) is 37.7 Å². The molecule has 9 nitrogen and oxygen atoms in total. The molecule has 3 N–H and O–H groups in total. The Morgan fingerprint density at radius 1 is 1.28 bits per heavy atom. The summed E-state index contributed by atoms with van der Waals surface area (Å²) in [4.78, 5) is 29.8. The fraction of sp³-hybridized carbons (Fsp3) is 0.571. The summed E-state index contributed by atoms with van der Waals surface area (Å²) in [6.07, 6.45) is -1.000. The zero-order valence-corrected chi connectivity index (χ0v) is 18.9. The summed E-state index contributed by atoms with van der Waals surface area (Å²) in [6, 6.07) is 4.97. The number of cyclic esters (lactones) is 1. The van der Waals surface area contributed by atoms with E-state index < -0.39 is 12.2 Å². The molecule has 11 heteroatoms. The molecule has 174 valence electrons. The number of rotatable bonds is 5. The van der Waals surface area contributed by atoms with E-state index in [2.05, 4.69) is 20.9 Å². The summed E-state index contributed by atoms with van der Waals surface area (Å²) in [5, 5.41) is 9.42. The number of nitrogens with one attached hydrogen (secondary N) is 3. The highest BCUT2D eigenvalue weighted by atomic mass is 32.1. The molecule has 0 saturated carbocycles. The number of hydrogen-bond donors (Lipinski definition) is 3. The van der Waals surface area contributed by atoms with Gasteiger partial charge in [-0.05, 0) is 18.2 Å². The van der Waals surface area contributed by atoms with Crippen LogP contribution in [-0.4, -0.2) is 92.9 Å². The molecule has 4 rings (SSSR count). The molecule has 2 amide bonds. The molecule has 0 aliphatic carbocycles. The number of hydrogen-bond acceptors (Lipinski definition) is 7. The van der Waals surface area contributed by atoms with Crippen molar-refractivity contribution in [3.8, 4) is 0 Å². The van der Waals surface area contributed by atoms with Gasteiger partial charge in [-0.15, -0.1) is 0 Å². The van der Waals surface area contributed by atoms with Crippen molar-refractivity contribution in [1.82, 2.24) is 20.9 Å². The van der Waals surface area contributed by atoms with Crippen LogP contribution in [0.5, 0.6) is 0 Å². The lowest BCUT2D eigenvalue weighted by Crippen LogP contribution is -2.59. The van der Waals surface area contributed by atoms with Gasteiger partial charge in [-0.3, -0.25) is 9.69 Å². The van der Waals surface area contributed by atoms with Gasteiger partial charge in [0.15, 0.2) is 0 Å². The van der Waals surface area contributed by atoms with Crippen molar-refractivity contribution in [1.29, 1.82) is 0 Å². The van der Waals surface area contributed by atoms with Crippen LogP contribution in [0.3, 0.4) is 0 Å². The lowest BCUT2D eigenvalue weighted by atomic mass is 10.1. The number of piperazine rings is 2. The van der Waals surface area contributed by atoms with Crippen LogP contribution in [0.2, 0.25) is 0 Å². The van der Waals surface area contributed by atoms with Gasteiger partial charge in [0.05, 0.1) is 35.5 Å². The molecule has 3 saturated heterocycles. The third-order valence-electron chi connectivity index (χ3n) is 5.97. The summed E-state index contributed by atoms with van der Waals surface area (Å²) in [5.74, 6) is -0.572. The summed E-state index contributed by atoms with van der Waals surface area (Å²) >= 11 is 5.67. The molecule has 3 fully saturated rings. The number of nitrogens with zero attached hydrogens (tertiary/aromatic N) is 3. The zero-order chi connectivity index (χ0) is 22.7. The maximum Gasteiger partial charge on any atom is 0.414 e. The molecule has 2 unspecified atom stereocenters. The molecule has 2 atom stereocenters. The molecule has 0 spiro atoms. The Bertz CT molecular complexity index is 873. The van der Waals surface area contributed by atoms with Crippen molar-refractivity contribution in [3.63, 3.8) is 0 Å². The molecule has 32 heavy (non-hydrogen) atoms. The minimum atomic E-state index is -0.541. The van der Waals surface area contributed by atoms with Gasteiger partial charge in [-0.25, -0.2) is 9.18 Å². The Morgan fingerprint density at radius 3 is 2.72 bits per heavy atom. The third-order valence-corrected chi connectivity index (χ3v) is 6.51. The van der Waals surface area contributed by atoms with Gasteiger partial charge >= 0.3 is 6.09 Å². The van der Waals surface area contributed by atoms with Gasteiger partial charge in [0.25, 0.3) is 0 Å². The average Bonchev–Trinajstić information content (AvgIpc) is 3.18. The van der Waals surface area contributed by atoms with E-state index in [1.807, 2.05) is 4.90 Å². The minimum absolute atomic E-state index is 0.163. The maximum atomic E-state index is 15.0. The number of ether oxygens (including phenoxy) is 1. The van der Waals surface area contributed by atoms with Gasteiger partial charge in [0.1, 0.15) is 11.9 Å². The molecule has 1 aromatic rings. The normalized spacial score (nSPS) is 23.8. The largest absolute Gasteiger partial charge is 0.442 e. The van der Waals surface area contributed by atoms with E-state index in [1.165, 1.54) is 17.9 Å². The highest BCUT2D eigenvalue weighted by molar-refractivity contribution is 7.80. The van der Waals surface area contributed by atoms with E-state index in [0.29, 0.717) is 24.5 Å². The van der Waals surface area contributed by atoms with Crippen LogP contribution >= 0.6 is 12.2 Å². The van der Waals surface area contributed by atoms with E-state index >= 15 is 0 Å². The van der Waals surface area contributed by atoms with E-state index in [1.54, 1.807) is 12.1 Å². The Hall–Kier alpha value is -2.50. The smallest absolute Gasteiger partial charge is 0.414 e. The molecule has 3 aliphatic heterocycles. The quantitative estimate of drug-likeness (QED) is 0.537. The highest BCUT2D eigenvalue weighted by Crippen LogP contribution is 2.28. The number of amides is 2. The van der Waals surface area contributed by atoms with Gasteiger partial charge in [-0.2, -0.15) is 0 Å². The number of carbonyl (C=O) groups is 2. The van der Waals surface area contributed by atoms with Crippen LogP contribution in [0.25, 0.3) is 0 Å². The van der Waals surface area contributed by atoms with E-state index in [-0.39, 0.29) is 30.9 Å². The zero-order valence-electron chi connectivity index (χ0n) is 18.1. The van der Waals surface area contributed by atoms with Crippen molar-refractivity contribution < 1.29 is 18.7 Å². The number of anilines is 2. The second-order valence-corrected chi connectivity index (χ2v) is 8.63. The first kappa shape index (κ1) is 22.7. The van der Waals surface area contributed by atoms with Crippen molar-refractivity contribution in [2.45, 2.75) is 19.1 Å². The number of thiocarbonyl (C=S) groups is 1. The molecular formula is C21H29FN6O3S. The van der Waals surface area contributed by atoms with Gasteiger partial charge in [0.2, 0.25) is 5.91 Å². The lowest BCUT2D eigenvalue weighted by Gasteiger charge is -2.40. The Kier molecular flexibility index (Phi) is 7.07. The second kappa shape index (κ2) is 9.97. The maximum absolute atomic E-state index is 15.0. The Labute approximate surface area is 192 Å². The first-order valence-electron chi connectivity index (χ1n) is 10.9. The van der Waals surface area contributed by atoms with Crippen molar-refractivity contribution in [2.75, 3.05) is 68.7 Å². The Morgan fingerprint density at radius 2 is 2.06 bits per heavy atom. The molecule has 0 radical (unpaired) electrons. The van der Waals surface area contributed by atoms with E-state index in [9.17, 15) is 14.0 Å². The molecule has 3 heterocycles. The molecule has 0 aromatic heterocycles. The lowest BCUT2D eigenvalue weighted by molar-refractivity contribution is -0.119. The molecule has 3 aliphatic rings. The van der Waals surface area contributed by atoms with Crippen molar-refractivity contribution in [2.24, 2.45) is 0 Å². The standard InChI is InChI=1S/C21H29FN6O3S/c1-14(29)25-11-16-13-28(21(30)31-16)15-2-3-19(17(22)10-15)26-6-8-27(9-7-26)20(32)18-12-23-4-5-24-18/h2-3,10,16,18,23-24H,4-9,11-13H2,1H3,(H,25,29). The number of carbonyl (C=O) groups excluding carboxylic acids is 2. The minimum Gasteiger partial charge on any atom is -0.442 e. The molecule has 1 aromatic carbocycles. The summed E-state index contributed by atoms with van der Waals surface area (Å²) in [5.41, 5.74) is 0.955. The van der Waals surface area contributed by atoms with Crippen molar-refractivity contribution >= 4 is 40.6 Å². The van der Waals surface area contributed by atoms with Crippen LogP contribution in [0.1, 0.15) is 6.92 Å². The summed E-state index contributed by atoms with van der Waals surface area (Å²) in [7, 11) is 0. The highest BCUT2D eigenvalue weighted by Gasteiger charge is 2.33. The fourth-order valence-corrected chi connectivity index (χ4v) is 4.58. The molecular weight excluding hydrogens is 435 g/mol. The Balaban J connectivity index is 1.34. The number of benzene rings is 1. The number of halogens is 1. The van der Waals surface area contributed by atoms with Crippen LogP contribution in [0.15, 0.2) is 18.2 Å². The van der Waals surface area contributed by atoms with Crippen LogP contribution in [0, 0.1) is 5.82 Å². The fourth-order valence-electron chi connectivity index (χ4n) is 4.23. The summed E-state index contributed by atoms with van der Waals surface area (Å²) < 4.78 is 20.2. The van der Waals surface area contributed by atoms with E-state index in [4.69, 9.17) is 17.0 Å². The third kappa shape index (κ3) is 5.11. The average molecular weight is 465 g/mol. The second-order valence-electron chi connectivity index (χ2n) is 8.21. The van der Waals surface area contributed by atoms with Crippen molar-refractivity contribution in [3.05, 3.63) is 24.0 Å². The monoisotopic (exact) mass is 464 g/mol. The topological polar surface area (TPSA) is 89.2 Å². The SMILES string of the molecule is CC(=O)NCC1CN(c2ccc(N3CCN(C(=S)C4CNCCN4)CC3)c(F)c2)C(=O)O1. The van der Waals surface area contributed by atoms with Crippen LogP contribution < -0.4 is 25.8 Å². The predicted molar refractivity (Wildman–Crippen MR) is 124 cm³/mol.